The maximum atomic E-state index is 6.40. The van der Waals surface area contributed by atoms with Gasteiger partial charge in [0, 0.05) is 35.0 Å². The van der Waals surface area contributed by atoms with Crippen molar-refractivity contribution in [2.24, 2.45) is 5.10 Å². The maximum Gasteiger partial charge on any atom is 0.214 e. The van der Waals surface area contributed by atoms with Gasteiger partial charge >= 0.3 is 0 Å². The van der Waals surface area contributed by atoms with Crippen LogP contribution >= 0.6 is 11.6 Å². The normalized spacial score (nSPS) is 20.1. The van der Waals surface area contributed by atoms with Crippen molar-refractivity contribution in [3.63, 3.8) is 0 Å². The molecule has 0 bridgehead atoms. The number of para-hydroxylation sites is 1. The minimum Gasteiger partial charge on any atom is -0.493 e. The summed E-state index contributed by atoms with van der Waals surface area (Å²) in [5.41, 5.74) is 4.16. The fourth-order valence-electron chi connectivity index (χ4n) is 3.81. The Morgan fingerprint density at radius 2 is 1.86 bits per heavy atom. The molecule has 5 nitrogen and oxygen atoms in total. The highest BCUT2D eigenvalue weighted by molar-refractivity contribution is 6.30. The van der Waals surface area contributed by atoms with Gasteiger partial charge in [0.1, 0.15) is 0 Å². The minimum absolute atomic E-state index is 0.0719. The van der Waals surface area contributed by atoms with Crippen molar-refractivity contribution >= 4 is 17.3 Å². The SMILES string of the molecule is COc1cccc2c1O[C@H](c1ccncc1)N1N=C(c3ccc(Cl)cc3)C[C@@H]21. The molecule has 2 atom stereocenters. The largest absolute Gasteiger partial charge is 0.493 e. The highest BCUT2D eigenvalue weighted by Gasteiger charge is 2.42. The number of nitrogens with zero attached hydrogens (tertiary/aromatic N) is 3. The molecule has 1 aromatic heterocycles. The quantitative estimate of drug-likeness (QED) is 0.631. The van der Waals surface area contributed by atoms with Crippen LogP contribution in [0.15, 0.2) is 72.1 Å². The third kappa shape index (κ3) is 2.79. The number of aromatic nitrogens is 1. The zero-order valence-electron chi connectivity index (χ0n) is 15.2. The van der Waals surface area contributed by atoms with E-state index in [0.717, 1.165) is 40.3 Å². The van der Waals surface area contributed by atoms with Crippen LogP contribution in [0.4, 0.5) is 0 Å². The molecule has 5 rings (SSSR count). The second kappa shape index (κ2) is 6.84. The van der Waals surface area contributed by atoms with Gasteiger partial charge in [0.2, 0.25) is 6.23 Å². The van der Waals surface area contributed by atoms with Gasteiger partial charge in [-0.1, -0.05) is 35.9 Å². The third-order valence-electron chi connectivity index (χ3n) is 5.17. The van der Waals surface area contributed by atoms with Gasteiger partial charge in [-0.25, -0.2) is 5.01 Å². The first kappa shape index (κ1) is 17.1. The third-order valence-corrected chi connectivity index (χ3v) is 5.42. The molecule has 0 saturated carbocycles. The molecular formula is C22H18ClN3O2. The standard InChI is InChI=1S/C22H18ClN3O2/c1-27-20-4-2-3-17-19-13-18(14-5-7-16(23)8-6-14)25-26(19)22(28-21(17)20)15-9-11-24-12-10-15/h2-12,19,22H,13H2,1H3/t19-,22+/m0/s1. The van der Waals surface area contributed by atoms with Crippen molar-refractivity contribution in [1.29, 1.82) is 0 Å². The number of pyridine rings is 1. The van der Waals surface area contributed by atoms with Crippen LogP contribution in [0.3, 0.4) is 0 Å². The number of benzene rings is 2. The Morgan fingerprint density at radius 1 is 1.07 bits per heavy atom. The lowest BCUT2D eigenvalue weighted by atomic mass is 9.95. The van der Waals surface area contributed by atoms with E-state index in [1.54, 1.807) is 19.5 Å². The van der Waals surface area contributed by atoms with Gasteiger partial charge in [-0.15, -0.1) is 0 Å². The van der Waals surface area contributed by atoms with E-state index in [1.807, 2.05) is 53.5 Å². The molecule has 2 aliphatic rings. The smallest absolute Gasteiger partial charge is 0.214 e. The van der Waals surface area contributed by atoms with Crippen LogP contribution in [-0.2, 0) is 0 Å². The van der Waals surface area contributed by atoms with Gasteiger partial charge in [0.15, 0.2) is 11.5 Å². The summed E-state index contributed by atoms with van der Waals surface area (Å²) in [5.74, 6) is 1.51. The molecule has 140 valence electrons. The molecule has 0 N–H and O–H groups in total. The first-order valence-corrected chi connectivity index (χ1v) is 9.47. The molecule has 0 fully saturated rings. The van der Waals surface area contributed by atoms with Crippen molar-refractivity contribution in [2.45, 2.75) is 18.7 Å². The maximum absolute atomic E-state index is 6.40. The Bertz CT molecular complexity index is 1040. The fourth-order valence-corrected chi connectivity index (χ4v) is 3.94. The van der Waals surface area contributed by atoms with E-state index in [-0.39, 0.29) is 12.3 Å². The molecule has 2 aromatic carbocycles. The highest BCUT2D eigenvalue weighted by Crippen LogP contribution is 2.50. The zero-order valence-corrected chi connectivity index (χ0v) is 16.0. The molecule has 3 heterocycles. The Labute approximate surface area is 168 Å². The predicted molar refractivity (Wildman–Crippen MR) is 108 cm³/mol. The van der Waals surface area contributed by atoms with Crippen LogP contribution in [0, 0.1) is 0 Å². The number of halogens is 1. The molecule has 0 spiro atoms. The molecule has 0 saturated heterocycles. The first-order valence-electron chi connectivity index (χ1n) is 9.10. The van der Waals surface area contributed by atoms with Crippen molar-refractivity contribution < 1.29 is 9.47 Å². The molecule has 0 unspecified atom stereocenters. The molecule has 6 heteroatoms. The van der Waals surface area contributed by atoms with Gasteiger partial charge in [0.05, 0.1) is 18.9 Å². The van der Waals surface area contributed by atoms with Gasteiger partial charge < -0.3 is 9.47 Å². The lowest BCUT2D eigenvalue weighted by Crippen LogP contribution is -2.33. The summed E-state index contributed by atoms with van der Waals surface area (Å²) >= 11 is 6.05. The van der Waals surface area contributed by atoms with Crippen LogP contribution in [0.25, 0.3) is 0 Å². The van der Waals surface area contributed by atoms with Crippen molar-refractivity contribution in [2.75, 3.05) is 7.11 Å². The van der Waals surface area contributed by atoms with E-state index >= 15 is 0 Å². The molecule has 2 aliphatic heterocycles. The van der Waals surface area contributed by atoms with E-state index in [1.165, 1.54) is 0 Å². The van der Waals surface area contributed by atoms with E-state index < -0.39 is 0 Å². The fraction of sp³-hybridized carbons (Fsp3) is 0.182. The molecule has 3 aromatic rings. The summed E-state index contributed by atoms with van der Waals surface area (Å²) in [5, 5.41) is 7.70. The number of hydrogen-bond acceptors (Lipinski definition) is 5. The van der Waals surface area contributed by atoms with E-state index in [9.17, 15) is 0 Å². The second-order valence-corrected chi connectivity index (χ2v) is 7.22. The Kier molecular flexibility index (Phi) is 4.17. The number of hydrogen-bond donors (Lipinski definition) is 0. The molecule has 28 heavy (non-hydrogen) atoms. The highest BCUT2D eigenvalue weighted by atomic mass is 35.5. The molecule has 0 aliphatic carbocycles. The van der Waals surface area contributed by atoms with Gasteiger partial charge in [-0.2, -0.15) is 5.10 Å². The van der Waals surface area contributed by atoms with Crippen LogP contribution in [0.5, 0.6) is 11.5 Å². The van der Waals surface area contributed by atoms with E-state index in [0.29, 0.717) is 5.02 Å². The van der Waals surface area contributed by atoms with E-state index in [2.05, 4.69) is 11.1 Å². The van der Waals surface area contributed by atoms with Crippen molar-refractivity contribution in [3.05, 3.63) is 88.7 Å². The average molecular weight is 392 g/mol. The summed E-state index contributed by atoms with van der Waals surface area (Å²) in [6, 6.07) is 17.8. The first-order chi connectivity index (χ1) is 13.7. The lowest BCUT2D eigenvalue weighted by molar-refractivity contribution is -0.0209. The van der Waals surface area contributed by atoms with Gasteiger partial charge in [-0.05, 0) is 35.9 Å². The summed E-state index contributed by atoms with van der Waals surface area (Å²) < 4.78 is 12.0. The van der Waals surface area contributed by atoms with E-state index in [4.69, 9.17) is 26.2 Å². The lowest BCUT2D eigenvalue weighted by Gasteiger charge is -2.38. The predicted octanol–water partition coefficient (Wildman–Crippen LogP) is 4.99. The number of methoxy groups -OCH3 is 1. The van der Waals surface area contributed by atoms with Gasteiger partial charge in [-0.3, -0.25) is 4.98 Å². The number of rotatable bonds is 3. The zero-order chi connectivity index (χ0) is 19.1. The number of ether oxygens (including phenoxy) is 2. The number of hydrazone groups is 1. The average Bonchev–Trinajstić information content (AvgIpc) is 3.19. The van der Waals surface area contributed by atoms with Crippen molar-refractivity contribution in [3.8, 4) is 11.5 Å². The summed E-state index contributed by atoms with van der Waals surface area (Å²) in [7, 11) is 1.66. The summed E-state index contributed by atoms with van der Waals surface area (Å²) in [4.78, 5) is 4.13. The van der Waals surface area contributed by atoms with Crippen LogP contribution in [-0.4, -0.2) is 22.8 Å². The summed E-state index contributed by atoms with van der Waals surface area (Å²) in [6.45, 7) is 0. The molecular weight excluding hydrogens is 374 g/mol. The Morgan fingerprint density at radius 3 is 2.61 bits per heavy atom. The number of fused-ring (bicyclic) bond motifs is 3. The molecule has 0 radical (unpaired) electrons. The van der Waals surface area contributed by atoms with Crippen LogP contribution in [0.2, 0.25) is 5.02 Å². The Balaban J connectivity index is 1.61. The minimum atomic E-state index is -0.346. The van der Waals surface area contributed by atoms with Crippen LogP contribution < -0.4 is 9.47 Å². The van der Waals surface area contributed by atoms with Crippen LogP contribution in [0.1, 0.15) is 35.4 Å². The van der Waals surface area contributed by atoms with Crippen molar-refractivity contribution in [1.82, 2.24) is 9.99 Å². The summed E-state index contributed by atoms with van der Waals surface area (Å²) in [6.07, 6.45) is 3.98. The second-order valence-electron chi connectivity index (χ2n) is 6.78. The monoisotopic (exact) mass is 391 g/mol. The molecule has 0 amide bonds. The topological polar surface area (TPSA) is 47.0 Å². The van der Waals surface area contributed by atoms with Gasteiger partial charge in [0.25, 0.3) is 0 Å². The Hall–Kier alpha value is -3.05.